The van der Waals surface area contributed by atoms with E-state index in [1.54, 1.807) is 37.5 Å². The molecule has 0 spiro atoms. The molecule has 0 saturated heterocycles. The van der Waals surface area contributed by atoms with Gasteiger partial charge in [0.2, 0.25) is 0 Å². The molecule has 0 aromatic carbocycles. The maximum atomic E-state index is 13.0. The number of pyridine rings is 2. The van der Waals surface area contributed by atoms with Crippen LogP contribution in [0.2, 0.25) is 0 Å². The molecule has 7 nitrogen and oxygen atoms in total. The Balaban J connectivity index is 1.48. The van der Waals surface area contributed by atoms with Crippen LogP contribution in [0.5, 0.6) is 0 Å². The standard InChI is InChI=1S/C21H19F3N6O/c1-13-8-18(20(31)27-10-14-2-5-25-6-3-14)28-29-19(13)30-7-4-17-15(12-30)9-16(11-26-17)21(22,23)24/h2-3,5-6,8-9,11H,4,7,10,12H2,1H3,(H,27,31). The zero-order valence-electron chi connectivity index (χ0n) is 16.6. The molecule has 10 heteroatoms. The second kappa shape index (κ2) is 8.29. The first-order chi connectivity index (χ1) is 14.8. The maximum absolute atomic E-state index is 13.0. The summed E-state index contributed by atoms with van der Waals surface area (Å²) in [6, 6.07) is 6.36. The Morgan fingerprint density at radius 3 is 2.68 bits per heavy atom. The number of hydrogen-bond donors (Lipinski definition) is 1. The quantitative estimate of drug-likeness (QED) is 0.688. The van der Waals surface area contributed by atoms with Gasteiger partial charge in [-0.05, 0) is 47.9 Å². The predicted molar refractivity (Wildman–Crippen MR) is 106 cm³/mol. The van der Waals surface area contributed by atoms with Crippen LogP contribution in [0.15, 0.2) is 42.9 Å². The number of aromatic nitrogens is 4. The van der Waals surface area contributed by atoms with E-state index in [1.165, 1.54) is 0 Å². The van der Waals surface area contributed by atoms with Gasteiger partial charge in [0.05, 0.1) is 5.56 Å². The van der Waals surface area contributed by atoms with Gasteiger partial charge in [0.15, 0.2) is 11.5 Å². The minimum atomic E-state index is -4.44. The van der Waals surface area contributed by atoms with Crippen LogP contribution in [0.1, 0.15) is 38.4 Å². The van der Waals surface area contributed by atoms with E-state index in [0.717, 1.165) is 17.8 Å². The monoisotopic (exact) mass is 428 g/mol. The van der Waals surface area contributed by atoms with Gasteiger partial charge in [0, 0.05) is 50.3 Å². The molecule has 3 aromatic rings. The van der Waals surface area contributed by atoms with Crippen LogP contribution in [0.25, 0.3) is 0 Å². The van der Waals surface area contributed by atoms with Crippen molar-refractivity contribution >= 4 is 11.7 Å². The van der Waals surface area contributed by atoms with Gasteiger partial charge in [-0.15, -0.1) is 10.2 Å². The number of amides is 1. The topological polar surface area (TPSA) is 83.9 Å². The third kappa shape index (κ3) is 4.62. The molecule has 1 aliphatic heterocycles. The van der Waals surface area contributed by atoms with E-state index in [0.29, 0.717) is 42.1 Å². The molecule has 1 amide bonds. The van der Waals surface area contributed by atoms with E-state index in [-0.39, 0.29) is 18.1 Å². The van der Waals surface area contributed by atoms with Crippen LogP contribution in [0.3, 0.4) is 0 Å². The fraction of sp³-hybridized carbons (Fsp3) is 0.286. The van der Waals surface area contributed by atoms with Gasteiger partial charge in [-0.3, -0.25) is 14.8 Å². The number of anilines is 1. The van der Waals surface area contributed by atoms with Gasteiger partial charge in [0.1, 0.15) is 0 Å². The third-order valence-corrected chi connectivity index (χ3v) is 5.06. The van der Waals surface area contributed by atoms with E-state index < -0.39 is 11.7 Å². The lowest BCUT2D eigenvalue weighted by Crippen LogP contribution is -2.33. The van der Waals surface area contributed by atoms with Crippen molar-refractivity contribution in [2.45, 2.75) is 32.6 Å². The van der Waals surface area contributed by atoms with E-state index in [4.69, 9.17) is 0 Å². The van der Waals surface area contributed by atoms with Crippen LogP contribution in [0, 0.1) is 6.92 Å². The lowest BCUT2D eigenvalue weighted by molar-refractivity contribution is -0.137. The summed E-state index contributed by atoms with van der Waals surface area (Å²) in [7, 11) is 0. The van der Waals surface area contributed by atoms with Crippen LogP contribution >= 0.6 is 0 Å². The van der Waals surface area contributed by atoms with Crippen LogP contribution in [-0.2, 0) is 25.7 Å². The summed E-state index contributed by atoms with van der Waals surface area (Å²) >= 11 is 0. The molecule has 0 unspecified atom stereocenters. The Morgan fingerprint density at radius 2 is 1.97 bits per heavy atom. The molecule has 0 fully saturated rings. The van der Waals surface area contributed by atoms with Gasteiger partial charge in [-0.2, -0.15) is 13.2 Å². The Bertz CT molecular complexity index is 1100. The molecule has 31 heavy (non-hydrogen) atoms. The average Bonchev–Trinajstić information content (AvgIpc) is 2.76. The highest BCUT2D eigenvalue weighted by Gasteiger charge is 2.32. The number of alkyl halides is 3. The summed E-state index contributed by atoms with van der Waals surface area (Å²) in [5, 5.41) is 11.0. The summed E-state index contributed by atoms with van der Waals surface area (Å²) < 4.78 is 39.0. The molecule has 0 saturated carbocycles. The fourth-order valence-electron chi connectivity index (χ4n) is 3.44. The molecule has 0 radical (unpaired) electrons. The van der Waals surface area contributed by atoms with Gasteiger partial charge in [-0.1, -0.05) is 0 Å². The highest BCUT2D eigenvalue weighted by Crippen LogP contribution is 2.32. The number of carbonyl (C=O) groups is 1. The van der Waals surface area contributed by atoms with Crippen molar-refractivity contribution in [1.29, 1.82) is 0 Å². The first-order valence-electron chi connectivity index (χ1n) is 9.62. The van der Waals surface area contributed by atoms with E-state index in [9.17, 15) is 18.0 Å². The second-order valence-corrected chi connectivity index (χ2v) is 7.27. The average molecular weight is 428 g/mol. The van der Waals surface area contributed by atoms with Crippen molar-refractivity contribution in [3.63, 3.8) is 0 Å². The summed E-state index contributed by atoms with van der Waals surface area (Å²) in [6.45, 7) is 2.93. The maximum Gasteiger partial charge on any atom is 0.417 e. The largest absolute Gasteiger partial charge is 0.417 e. The lowest BCUT2D eigenvalue weighted by atomic mass is 10.0. The molecule has 0 aliphatic carbocycles. The Kier molecular flexibility index (Phi) is 5.53. The molecule has 1 aliphatic rings. The highest BCUT2D eigenvalue weighted by molar-refractivity contribution is 5.92. The van der Waals surface area contributed by atoms with Gasteiger partial charge < -0.3 is 10.2 Å². The molecule has 0 atom stereocenters. The minimum Gasteiger partial charge on any atom is -0.350 e. The SMILES string of the molecule is Cc1cc(C(=O)NCc2ccncc2)nnc1N1CCc2ncc(C(F)(F)F)cc2C1. The Labute approximate surface area is 176 Å². The zero-order chi connectivity index (χ0) is 22.0. The third-order valence-electron chi connectivity index (χ3n) is 5.06. The van der Waals surface area contributed by atoms with Gasteiger partial charge in [0.25, 0.3) is 5.91 Å². The second-order valence-electron chi connectivity index (χ2n) is 7.27. The minimum absolute atomic E-state index is 0.175. The summed E-state index contributed by atoms with van der Waals surface area (Å²) in [5.41, 5.74) is 2.20. The molecule has 4 heterocycles. The number of nitrogens with one attached hydrogen (secondary N) is 1. The number of hydrogen-bond acceptors (Lipinski definition) is 6. The van der Waals surface area contributed by atoms with Gasteiger partial charge in [-0.25, -0.2) is 0 Å². The van der Waals surface area contributed by atoms with Crippen molar-refractivity contribution in [1.82, 2.24) is 25.5 Å². The summed E-state index contributed by atoms with van der Waals surface area (Å²) in [5.74, 6) is 0.177. The lowest BCUT2D eigenvalue weighted by Gasteiger charge is -2.30. The molecular formula is C21H19F3N6O. The van der Waals surface area contributed by atoms with Crippen molar-refractivity contribution in [2.75, 3.05) is 11.4 Å². The van der Waals surface area contributed by atoms with Crippen molar-refractivity contribution in [3.05, 3.63) is 76.5 Å². The number of halogens is 3. The number of rotatable bonds is 4. The van der Waals surface area contributed by atoms with Crippen LogP contribution in [0.4, 0.5) is 19.0 Å². The zero-order valence-corrected chi connectivity index (χ0v) is 16.6. The molecule has 3 aromatic heterocycles. The van der Waals surface area contributed by atoms with E-state index >= 15 is 0 Å². The highest BCUT2D eigenvalue weighted by atomic mass is 19.4. The first-order valence-corrected chi connectivity index (χ1v) is 9.62. The Hall–Kier alpha value is -3.56. The first kappa shape index (κ1) is 20.7. The van der Waals surface area contributed by atoms with Crippen LogP contribution in [-0.4, -0.2) is 32.6 Å². The predicted octanol–water partition coefficient (Wildman–Crippen LogP) is 3.09. The number of carbonyl (C=O) groups excluding carboxylic acids is 1. The Morgan fingerprint density at radius 1 is 1.19 bits per heavy atom. The van der Waals surface area contributed by atoms with Crippen molar-refractivity contribution < 1.29 is 18.0 Å². The van der Waals surface area contributed by atoms with Crippen molar-refractivity contribution in [2.24, 2.45) is 0 Å². The molecule has 0 bridgehead atoms. The van der Waals surface area contributed by atoms with E-state index in [1.807, 2.05) is 4.90 Å². The number of fused-ring (bicyclic) bond motifs is 1. The smallest absolute Gasteiger partial charge is 0.350 e. The molecule has 160 valence electrons. The van der Waals surface area contributed by atoms with Gasteiger partial charge >= 0.3 is 6.18 Å². The molecule has 4 rings (SSSR count). The normalized spacial score (nSPS) is 13.6. The van der Waals surface area contributed by atoms with Crippen molar-refractivity contribution in [3.8, 4) is 0 Å². The number of aryl methyl sites for hydroxylation is 1. The molecular weight excluding hydrogens is 409 g/mol. The fourth-order valence-corrected chi connectivity index (χ4v) is 3.44. The number of nitrogens with zero attached hydrogens (tertiary/aromatic N) is 5. The van der Waals surface area contributed by atoms with Crippen LogP contribution < -0.4 is 10.2 Å². The summed E-state index contributed by atoms with van der Waals surface area (Å²) in [6.07, 6.45) is 0.224. The summed E-state index contributed by atoms with van der Waals surface area (Å²) in [4.78, 5) is 22.2. The van der Waals surface area contributed by atoms with E-state index in [2.05, 4.69) is 25.5 Å². The molecule has 1 N–H and O–H groups in total.